The number of aliphatic hydroxyl groups is 1. The molecule has 1 saturated heterocycles. The maximum Gasteiger partial charge on any atom is 0.343 e. The smallest absolute Gasteiger partial charge is 0.343 e. The van der Waals surface area contributed by atoms with E-state index < -0.39 is 17.5 Å². The highest BCUT2D eigenvalue weighted by Gasteiger charge is 2.49. The summed E-state index contributed by atoms with van der Waals surface area (Å²) in [5.41, 5.74) is -0.832. The molecule has 0 amide bonds. The van der Waals surface area contributed by atoms with Crippen LogP contribution in [0.1, 0.15) is 134 Å². The molecular formula is C35H59NO5. The molecule has 3 rings (SSSR count). The van der Waals surface area contributed by atoms with E-state index in [-0.39, 0.29) is 18.4 Å². The minimum atomic E-state index is -1.50. The highest BCUT2D eigenvalue weighted by molar-refractivity contribution is 5.81. The summed E-state index contributed by atoms with van der Waals surface area (Å²) in [7, 11) is 4.29. The van der Waals surface area contributed by atoms with Crippen molar-refractivity contribution >= 4 is 11.9 Å². The predicted octanol–water partition coefficient (Wildman–Crippen LogP) is 6.67. The molecule has 1 aliphatic carbocycles. The molecule has 41 heavy (non-hydrogen) atoms. The predicted molar refractivity (Wildman–Crippen MR) is 164 cm³/mol. The fraction of sp³-hybridized carbons (Fsp3) is 0.771. The van der Waals surface area contributed by atoms with E-state index in [9.17, 15) is 19.8 Å². The minimum absolute atomic E-state index is 0.0405. The number of nitrogens with zero attached hydrogens (tertiary/aromatic N) is 1. The number of hydrogen-bond donors (Lipinski definition) is 1. The third-order valence-electron chi connectivity index (χ3n) is 8.98. The molecule has 6 heteroatoms. The quantitative estimate of drug-likeness (QED) is 0.120. The monoisotopic (exact) mass is 573 g/mol. The molecule has 2 atom stereocenters. The van der Waals surface area contributed by atoms with Gasteiger partial charge in [0.05, 0.1) is 20.6 Å². The van der Waals surface area contributed by atoms with Gasteiger partial charge in [-0.1, -0.05) is 127 Å². The topological polar surface area (TPSA) is 86.7 Å². The van der Waals surface area contributed by atoms with Gasteiger partial charge in [-0.3, -0.25) is 0 Å². The van der Waals surface area contributed by atoms with Crippen LogP contribution in [0, 0.1) is 5.92 Å². The maximum atomic E-state index is 12.9. The molecule has 1 N–H and O–H groups in total. The second-order valence-corrected chi connectivity index (χ2v) is 13.1. The molecule has 1 saturated carbocycles. The van der Waals surface area contributed by atoms with Gasteiger partial charge in [-0.25, -0.2) is 4.79 Å². The third-order valence-corrected chi connectivity index (χ3v) is 8.98. The van der Waals surface area contributed by atoms with E-state index in [0.29, 0.717) is 5.56 Å². The zero-order chi connectivity index (χ0) is 30.0. The number of carboxylic acids is 1. The van der Waals surface area contributed by atoms with Gasteiger partial charge in [-0.05, 0) is 31.2 Å². The molecule has 234 valence electrons. The summed E-state index contributed by atoms with van der Waals surface area (Å²) >= 11 is 0. The van der Waals surface area contributed by atoms with Crippen molar-refractivity contribution in [3.63, 3.8) is 0 Å². The lowest BCUT2D eigenvalue weighted by atomic mass is 9.80. The highest BCUT2D eigenvalue weighted by Crippen LogP contribution is 2.42. The van der Waals surface area contributed by atoms with Gasteiger partial charge >= 0.3 is 5.97 Å². The second-order valence-electron chi connectivity index (χ2n) is 13.1. The van der Waals surface area contributed by atoms with E-state index in [2.05, 4.69) is 21.0 Å². The van der Waals surface area contributed by atoms with Crippen molar-refractivity contribution in [3.8, 4) is 0 Å². The van der Waals surface area contributed by atoms with E-state index in [1.165, 1.54) is 70.6 Å². The van der Waals surface area contributed by atoms with Crippen LogP contribution in [0.15, 0.2) is 30.3 Å². The molecule has 1 aliphatic heterocycles. The lowest BCUT2D eigenvalue weighted by Crippen LogP contribution is -2.46. The van der Waals surface area contributed by atoms with Gasteiger partial charge in [0.2, 0.25) is 0 Å². The Balaban J connectivity index is 0.000000298. The number of carbonyl (C=O) groups is 2. The van der Waals surface area contributed by atoms with Gasteiger partial charge in [-0.15, -0.1) is 0 Å². The van der Waals surface area contributed by atoms with Crippen LogP contribution in [0.25, 0.3) is 0 Å². The minimum Gasteiger partial charge on any atom is -0.550 e. The Kier molecular flexibility index (Phi) is 16.6. The van der Waals surface area contributed by atoms with E-state index in [0.717, 1.165) is 62.5 Å². The van der Waals surface area contributed by atoms with Crippen LogP contribution in [0.5, 0.6) is 0 Å². The lowest BCUT2D eigenvalue weighted by Gasteiger charge is -2.33. The first kappa shape index (κ1) is 35.3. The van der Waals surface area contributed by atoms with Gasteiger partial charge in [0.25, 0.3) is 0 Å². The summed E-state index contributed by atoms with van der Waals surface area (Å²) < 4.78 is 6.64. The van der Waals surface area contributed by atoms with Gasteiger partial charge in [-0.2, -0.15) is 0 Å². The molecule has 0 spiro atoms. The van der Waals surface area contributed by atoms with Crippen molar-refractivity contribution in [2.45, 2.75) is 141 Å². The number of carboxylic acid groups (broad SMARTS) is 1. The van der Waals surface area contributed by atoms with Crippen molar-refractivity contribution in [2.75, 3.05) is 27.2 Å². The lowest BCUT2D eigenvalue weighted by molar-refractivity contribution is -0.879. The number of ether oxygens (including phenoxy) is 1. The summed E-state index contributed by atoms with van der Waals surface area (Å²) in [4.78, 5) is 23.1. The van der Waals surface area contributed by atoms with Crippen molar-refractivity contribution in [1.82, 2.24) is 0 Å². The summed E-state index contributed by atoms with van der Waals surface area (Å²) in [5, 5.41) is 21.6. The van der Waals surface area contributed by atoms with Crippen LogP contribution in [0.3, 0.4) is 0 Å². The fourth-order valence-corrected chi connectivity index (χ4v) is 6.41. The Morgan fingerprint density at radius 2 is 1.37 bits per heavy atom. The van der Waals surface area contributed by atoms with Crippen molar-refractivity contribution in [1.29, 1.82) is 0 Å². The number of unbranched alkanes of at least 4 members (excludes halogenated alkanes) is 12. The van der Waals surface area contributed by atoms with Gasteiger partial charge in [0.1, 0.15) is 6.54 Å². The number of quaternary nitrogens is 1. The summed E-state index contributed by atoms with van der Waals surface area (Å²) in [6, 6.07) is 9.33. The Morgan fingerprint density at radius 3 is 1.83 bits per heavy atom. The van der Waals surface area contributed by atoms with Crippen LogP contribution < -0.4 is 5.11 Å². The van der Waals surface area contributed by atoms with Gasteiger partial charge in [0, 0.05) is 18.3 Å². The third kappa shape index (κ3) is 13.3. The Morgan fingerprint density at radius 1 is 0.854 bits per heavy atom. The molecule has 2 unspecified atom stereocenters. The number of esters is 1. The number of carbonyl (C=O) groups excluding carboxylic acids is 2. The number of likely N-dealkylation sites (tertiary alicyclic amines) is 1. The molecule has 1 aromatic carbocycles. The van der Waals surface area contributed by atoms with Crippen LogP contribution in [-0.2, 0) is 19.9 Å². The molecular weight excluding hydrogens is 514 g/mol. The maximum absolute atomic E-state index is 12.9. The summed E-state index contributed by atoms with van der Waals surface area (Å²) in [6.07, 6.45) is 21.6. The van der Waals surface area contributed by atoms with Crippen LogP contribution >= 0.6 is 0 Å². The molecule has 0 bridgehead atoms. The summed E-state index contributed by atoms with van der Waals surface area (Å²) in [6.45, 7) is 4.08. The molecule has 6 nitrogen and oxygen atoms in total. The van der Waals surface area contributed by atoms with Gasteiger partial charge in [0.15, 0.2) is 11.7 Å². The van der Waals surface area contributed by atoms with E-state index >= 15 is 0 Å². The van der Waals surface area contributed by atoms with Crippen LogP contribution in [0.2, 0.25) is 0 Å². The molecule has 0 aromatic heterocycles. The Labute approximate surface area is 250 Å². The SMILES string of the molecule is CCCCCCCCCCCCCCCC(=O)[O-].C[N+]1(C)CCC(OC(=O)C(O)(c2ccccc2)C2CCCC2)C1. The average Bonchev–Trinajstić information content (AvgIpc) is 3.61. The van der Waals surface area contributed by atoms with E-state index in [4.69, 9.17) is 4.74 Å². The van der Waals surface area contributed by atoms with Crippen LogP contribution in [-0.4, -0.2) is 54.8 Å². The zero-order valence-electron chi connectivity index (χ0n) is 26.4. The number of hydrogen-bond acceptors (Lipinski definition) is 5. The molecule has 2 aliphatic rings. The first-order valence-electron chi connectivity index (χ1n) is 16.7. The van der Waals surface area contributed by atoms with E-state index in [1.807, 2.05) is 30.3 Å². The largest absolute Gasteiger partial charge is 0.550 e. The van der Waals surface area contributed by atoms with Crippen LogP contribution in [0.4, 0.5) is 0 Å². The standard InChI is InChI=1S/C19H28NO3.C16H32O2/c1-20(2)13-12-17(14-20)23-18(21)19(22,16-10-6-7-11-16)15-8-4-3-5-9-15;1-2-3-4-5-6-7-8-9-10-11-12-13-14-15-16(17)18/h3-5,8-9,16-17,22H,6-7,10-14H2,1-2H3;2-15H2,1H3,(H,17,18)/q+1;/p-1. The fourth-order valence-electron chi connectivity index (χ4n) is 6.41. The average molecular weight is 574 g/mol. The molecule has 0 radical (unpaired) electrons. The first-order chi connectivity index (χ1) is 19.7. The Bertz CT molecular complexity index is 851. The normalized spacial score (nSPS) is 19.8. The van der Waals surface area contributed by atoms with Crippen molar-refractivity contribution in [3.05, 3.63) is 35.9 Å². The highest BCUT2D eigenvalue weighted by atomic mass is 16.6. The van der Waals surface area contributed by atoms with Gasteiger partial charge < -0.3 is 24.2 Å². The molecule has 1 heterocycles. The number of rotatable bonds is 18. The number of likely N-dealkylation sites (N-methyl/N-ethyl adjacent to an activating group) is 1. The first-order valence-corrected chi connectivity index (χ1v) is 16.7. The molecule has 2 fully saturated rings. The number of benzene rings is 1. The zero-order valence-corrected chi connectivity index (χ0v) is 26.4. The second kappa shape index (κ2) is 19.3. The van der Waals surface area contributed by atoms with Crippen molar-refractivity contribution < 1.29 is 29.0 Å². The number of aliphatic carboxylic acids is 1. The Hall–Kier alpha value is -1.92. The summed E-state index contributed by atoms with van der Waals surface area (Å²) in [5.74, 6) is -1.40. The van der Waals surface area contributed by atoms with E-state index in [1.54, 1.807) is 0 Å². The molecule has 1 aromatic rings. The van der Waals surface area contributed by atoms with Crippen molar-refractivity contribution in [2.24, 2.45) is 5.92 Å².